The van der Waals surface area contributed by atoms with Crippen LogP contribution in [0.1, 0.15) is 43.4 Å². The van der Waals surface area contributed by atoms with Gasteiger partial charge in [-0.15, -0.1) is 0 Å². The van der Waals surface area contributed by atoms with Gasteiger partial charge in [0, 0.05) is 17.0 Å². The van der Waals surface area contributed by atoms with Crippen LogP contribution in [0, 0.1) is 5.41 Å². The molecule has 9 heteroatoms. The number of carbonyl (C=O) groups is 1. The molecule has 0 saturated heterocycles. The molecule has 0 aliphatic heterocycles. The summed E-state index contributed by atoms with van der Waals surface area (Å²) in [5, 5.41) is 2.99. The Labute approximate surface area is 199 Å². The molecular formula is C22H20Cl4F3NO. The van der Waals surface area contributed by atoms with E-state index in [0.29, 0.717) is 16.1 Å². The number of nitrogens with one attached hydrogen (secondary N) is 1. The summed E-state index contributed by atoms with van der Waals surface area (Å²) in [6, 6.07) is 7.10. The third-order valence-corrected chi connectivity index (χ3v) is 5.95. The third kappa shape index (κ3) is 7.04. The van der Waals surface area contributed by atoms with E-state index in [2.05, 4.69) is 5.32 Å². The monoisotopic (exact) mass is 511 g/mol. The highest BCUT2D eigenvalue weighted by atomic mass is 35.5. The fourth-order valence-electron chi connectivity index (χ4n) is 2.62. The molecule has 0 heterocycles. The van der Waals surface area contributed by atoms with Crippen LogP contribution < -0.4 is 5.32 Å². The van der Waals surface area contributed by atoms with E-state index in [1.807, 2.05) is 0 Å². The van der Waals surface area contributed by atoms with Crippen molar-refractivity contribution in [2.24, 2.45) is 5.41 Å². The van der Waals surface area contributed by atoms with E-state index >= 15 is 0 Å². The molecular weight excluding hydrogens is 493 g/mol. The fraction of sp³-hybridized carbons (Fsp3) is 0.318. The van der Waals surface area contributed by atoms with Crippen molar-refractivity contribution < 1.29 is 18.0 Å². The highest BCUT2D eigenvalue weighted by Crippen LogP contribution is 2.41. The van der Waals surface area contributed by atoms with E-state index < -0.39 is 17.5 Å². The van der Waals surface area contributed by atoms with Gasteiger partial charge in [0.2, 0.25) is 5.91 Å². The van der Waals surface area contributed by atoms with Gasteiger partial charge in [0.25, 0.3) is 0 Å². The second-order valence-electron chi connectivity index (χ2n) is 7.96. The van der Waals surface area contributed by atoms with Gasteiger partial charge in [-0.1, -0.05) is 91.5 Å². The van der Waals surface area contributed by atoms with Crippen LogP contribution in [0.3, 0.4) is 0 Å². The Kier molecular flexibility index (Phi) is 8.37. The molecule has 168 valence electrons. The second kappa shape index (κ2) is 10.0. The number of halogens is 7. The fourth-order valence-corrected chi connectivity index (χ4v) is 3.49. The van der Waals surface area contributed by atoms with Crippen molar-refractivity contribution in [2.45, 2.75) is 39.4 Å². The minimum atomic E-state index is -4.57. The van der Waals surface area contributed by atoms with Crippen molar-refractivity contribution in [3.8, 4) is 0 Å². The van der Waals surface area contributed by atoms with Crippen molar-refractivity contribution in [3.05, 3.63) is 73.2 Å². The SMILES string of the molecule is CC(C)(C)C(=O)NCc1ccc(/C=C/C(c2cc(Cl)c(Cl)c(Cl)c2)C(F)(F)F)cc1Cl. The molecule has 0 radical (unpaired) electrons. The molecule has 0 saturated carbocycles. The summed E-state index contributed by atoms with van der Waals surface area (Å²) >= 11 is 23.9. The van der Waals surface area contributed by atoms with Crippen LogP contribution in [0.25, 0.3) is 6.08 Å². The Morgan fingerprint density at radius 1 is 1.00 bits per heavy atom. The third-order valence-electron chi connectivity index (χ3n) is 4.40. The zero-order chi connectivity index (χ0) is 23.6. The molecule has 0 aromatic heterocycles. The lowest BCUT2D eigenvalue weighted by Crippen LogP contribution is -2.34. The van der Waals surface area contributed by atoms with Crippen LogP contribution in [0.2, 0.25) is 20.1 Å². The number of rotatable bonds is 5. The number of hydrogen-bond donors (Lipinski definition) is 1. The molecule has 0 spiro atoms. The van der Waals surface area contributed by atoms with Gasteiger partial charge in [-0.2, -0.15) is 13.2 Å². The van der Waals surface area contributed by atoms with Gasteiger partial charge in [0.05, 0.1) is 21.0 Å². The molecule has 1 amide bonds. The molecule has 2 aromatic carbocycles. The van der Waals surface area contributed by atoms with Crippen LogP contribution in [0.15, 0.2) is 36.4 Å². The first-order valence-electron chi connectivity index (χ1n) is 9.16. The Morgan fingerprint density at radius 3 is 2.06 bits per heavy atom. The number of amides is 1. The van der Waals surface area contributed by atoms with Gasteiger partial charge < -0.3 is 5.32 Å². The quantitative estimate of drug-likeness (QED) is 0.401. The van der Waals surface area contributed by atoms with Crippen molar-refractivity contribution in [1.29, 1.82) is 0 Å². The predicted octanol–water partition coefficient (Wildman–Crippen LogP) is 8.32. The number of carbonyl (C=O) groups excluding carboxylic acids is 1. The zero-order valence-corrected chi connectivity index (χ0v) is 19.9. The average Bonchev–Trinajstić information content (AvgIpc) is 2.63. The maximum Gasteiger partial charge on any atom is 0.399 e. The molecule has 2 aromatic rings. The Morgan fingerprint density at radius 2 is 1.58 bits per heavy atom. The van der Waals surface area contributed by atoms with Gasteiger partial charge in [-0.3, -0.25) is 4.79 Å². The van der Waals surface area contributed by atoms with Crippen molar-refractivity contribution in [3.63, 3.8) is 0 Å². The summed E-state index contributed by atoms with van der Waals surface area (Å²) in [4.78, 5) is 12.0. The van der Waals surface area contributed by atoms with Crippen LogP contribution in [0.4, 0.5) is 13.2 Å². The zero-order valence-electron chi connectivity index (χ0n) is 16.9. The van der Waals surface area contributed by atoms with Gasteiger partial charge in [0.1, 0.15) is 0 Å². The summed E-state index contributed by atoms with van der Waals surface area (Å²) in [5.74, 6) is -2.08. The van der Waals surface area contributed by atoms with Crippen LogP contribution >= 0.6 is 46.4 Å². The Bertz CT molecular complexity index is 974. The van der Waals surface area contributed by atoms with E-state index in [4.69, 9.17) is 46.4 Å². The number of allylic oxidation sites excluding steroid dienone is 1. The lowest BCUT2D eigenvalue weighted by molar-refractivity contribution is -0.139. The summed E-state index contributed by atoms with van der Waals surface area (Å²) in [5.41, 5.74) is 0.446. The standard InChI is InChI=1S/C22H20Cl4F3NO/c1-21(2,3)20(31)30-11-13-6-4-12(8-16(13)23)5-7-15(22(27,28)29)14-9-17(24)19(26)18(25)10-14/h4-10,15H,11H2,1-3H3,(H,30,31)/b7-5+. The topological polar surface area (TPSA) is 29.1 Å². The molecule has 0 bridgehead atoms. The minimum absolute atomic E-state index is 0.00194. The summed E-state index contributed by atoms with van der Waals surface area (Å²) in [6.45, 7) is 5.58. The van der Waals surface area contributed by atoms with E-state index in [1.165, 1.54) is 12.1 Å². The molecule has 2 nitrogen and oxygen atoms in total. The van der Waals surface area contributed by atoms with Crippen molar-refractivity contribution in [2.75, 3.05) is 0 Å². The smallest absolute Gasteiger partial charge is 0.352 e. The predicted molar refractivity (Wildman–Crippen MR) is 122 cm³/mol. The number of hydrogen-bond acceptors (Lipinski definition) is 1. The molecule has 0 fully saturated rings. The Hall–Kier alpha value is -1.40. The highest BCUT2D eigenvalue weighted by Gasteiger charge is 2.39. The lowest BCUT2D eigenvalue weighted by Gasteiger charge is -2.19. The van der Waals surface area contributed by atoms with Crippen LogP contribution in [-0.2, 0) is 11.3 Å². The first-order chi connectivity index (χ1) is 14.2. The van der Waals surface area contributed by atoms with Crippen LogP contribution in [-0.4, -0.2) is 12.1 Å². The van der Waals surface area contributed by atoms with Gasteiger partial charge in [-0.25, -0.2) is 0 Å². The van der Waals surface area contributed by atoms with Crippen molar-refractivity contribution >= 4 is 58.4 Å². The van der Waals surface area contributed by atoms with Crippen molar-refractivity contribution in [1.82, 2.24) is 5.32 Å². The van der Waals surface area contributed by atoms with E-state index in [0.717, 1.165) is 18.2 Å². The summed E-state index contributed by atoms with van der Waals surface area (Å²) in [6.07, 6.45) is -2.25. The molecule has 1 N–H and O–H groups in total. The van der Waals surface area contributed by atoms with Gasteiger partial charge in [0.15, 0.2) is 0 Å². The molecule has 1 unspecified atom stereocenters. The van der Waals surface area contributed by atoms with Crippen LogP contribution in [0.5, 0.6) is 0 Å². The summed E-state index contributed by atoms with van der Waals surface area (Å²) < 4.78 is 41.0. The Balaban J connectivity index is 2.25. The average molecular weight is 513 g/mol. The first kappa shape index (κ1) is 25.9. The molecule has 0 aliphatic rings. The highest BCUT2D eigenvalue weighted by molar-refractivity contribution is 6.48. The second-order valence-corrected chi connectivity index (χ2v) is 9.56. The maximum atomic E-state index is 13.7. The summed E-state index contributed by atoms with van der Waals surface area (Å²) in [7, 11) is 0. The number of alkyl halides is 3. The number of benzene rings is 2. The van der Waals surface area contributed by atoms with Gasteiger partial charge in [-0.05, 0) is 34.9 Å². The molecule has 2 rings (SSSR count). The van der Waals surface area contributed by atoms with E-state index in [9.17, 15) is 18.0 Å². The minimum Gasteiger partial charge on any atom is -0.352 e. The maximum absolute atomic E-state index is 13.7. The van der Waals surface area contributed by atoms with E-state index in [-0.39, 0.29) is 33.1 Å². The normalized spacial score (nSPS) is 13.5. The van der Waals surface area contributed by atoms with E-state index in [1.54, 1.807) is 32.9 Å². The molecule has 31 heavy (non-hydrogen) atoms. The molecule has 0 aliphatic carbocycles. The first-order valence-corrected chi connectivity index (χ1v) is 10.7. The largest absolute Gasteiger partial charge is 0.399 e. The molecule has 1 atom stereocenters. The van der Waals surface area contributed by atoms with Gasteiger partial charge >= 0.3 is 6.18 Å². The lowest BCUT2D eigenvalue weighted by atomic mass is 9.95.